The molecule has 0 bridgehead atoms. The molecule has 1 N–H and O–H groups in total. The molecule has 2 aromatic heterocycles. The number of hydrogen-bond donors (Lipinski definition) is 1. The second-order valence-electron chi connectivity index (χ2n) is 3.94. The number of fused-ring (bicyclic) bond motifs is 1. The number of nitrogens with one attached hydrogen (secondary N) is 1. The van der Waals surface area contributed by atoms with Crippen LogP contribution in [0, 0.1) is 0 Å². The van der Waals surface area contributed by atoms with E-state index in [0.29, 0.717) is 6.54 Å². The van der Waals surface area contributed by atoms with Gasteiger partial charge in [-0.2, -0.15) is 0 Å². The van der Waals surface area contributed by atoms with Crippen LogP contribution in [0.1, 0.15) is 5.82 Å². The van der Waals surface area contributed by atoms with Crippen molar-refractivity contribution in [1.82, 2.24) is 14.5 Å². The third-order valence-corrected chi connectivity index (χ3v) is 4.16. The van der Waals surface area contributed by atoms with E-state index in [1.54, 1.807) is 17.5 Å². The van der Waals surface area contributed by atoms with E-state index < -0.39 is 0 Å². The quantitative estimate of drug-likeness (QED) is 0.803. The molecule has 0 spiro atoms. The average molecular weight is 323 g/mol. The maximum atomic E-state index is 4.54. The van der Waals surface area contributed by atoms with E-state index in [1.807, 2.05) is 29.9 Å². The fourth-order valence-electron chi connectivity index (χ4n) is 1.70. The molecule has 1 aromatic carbocycles. The molecule has 0 saturated heterocycles. The maximum Gasteiger partial charge on any atom is 0.184 e. The van der Waals surface area contributed by atoms with E-state index in [1.165, 1.54) is 4.70 Å². The van der Waals surface area contributed by atoms with Gasteiger partial charge in [-0.15, -0.1) is 0 Å². The lowest BCUT2D eigenvalue weighted by molar-refractivity contribution is 0.812. The molecule has 0 amide bonds. The second-order valence-corrected chi connectivity index (χ2v) is 5.89. The molecule has 4 nitrogen and oxygen atoms in total. The minimum Gasteiger partial charge on any atom is -0.354 e. The van der Waals surface area contributed by atoms with Gasteiger partial charge in [-0.3, -0.25) is 0 Å². The van der Waals surface area contributed by atoms with Crippen LogP contribution >= 0.6 is 27.3 Å². The molecule has 0 unspecified atom stereocenters. The largest absolute Gasteiger partial charge is 0.354 e. The minimum atomic E-state index is 0.685. The SMILES string of the molecule is Cn1ccnc1CNc1nc2cc(Br)ccc2s1. The Kier molecular flexibility index (Phi) is 3.05. The minimum absolute atomic E-state index is 0.685. The summed E-state index contributed by atoms with van der Waals surface area (Å²) < 4.78 is 4.23. The van der Waals surface area contributed by atoms with Crippen LogP contribution in [0.4, 0.5) is 5.13 Å². The lowest BCUT2D eigenvalue weighted by atomic mass is 10.3. The number of halogens is 1. The molecule has 0 aliphatic rings. The number of anilines is 1. The Morgan fingerprint density at radius 3 is 3.11 bits per heavy atom. The average Bonchev–Trinajstić information content (AvgIpc) is 2.92. The highest BCUT2D eigenvalue weighted by Crippen LogP contribution is 2.28. The Bertz CT molecular complexity index is 688. The molecule has 3 rings (SSSR count). The van der Waals surface area contributed by atoms with Crippen molar-refractivity contribution in [2.75, 3.05) is 5.32 Å². The third-order valence-electron chi connectivity index (χ3n) is 2.67. The van der Waals surface area contributed by atoms with Crippen LogP contribution < -0.4 is 5.32 Å². The third kappa shape index (κ3) is 2.26. The summed E-state index contributed by atoms with van der Waals surface area (Å²) in [6.07, 6.45) is 3.74. The first-order valence-corrected chi connectivity index (χ1v) is 7.09. The first-order valence-electron chi connectivity index (χ1n) is 5.48. The highest BCUT2D eigenvalue weighted by atomic mass is 79.9. The summed E-state index contributed by atoms with van der Waals surface area (Å²) in [6.45, 7) is 0.685. The lowest BCUT2D eigenvalue weighted by Crippen LogP contribution is -2.05. The van der Waals surface area contributed by atoms with Crippen LogP contribution in [0.5, 0.6) is 0 Å². The second kappa shape index (κ2) is 4.70. The topological polar surface area (TPSA) is 42.7 Å². The summed E-state index contributed by atoms with van der Waals surface area (Å²) in [5.41, 5.74) is 1.01. The van der Waals surface area contributed by atoms with Crippen LogP contribution in [0.15, 0.2) is 35.1 Å². The van der Waals surface area contributed by atoms with Gasteiger partial charge >= 0.3 is 0 Å². The number of rotatable bonds is 3. The number of imidazole rings is 1. The molecule has 0 atom stereocenters. The van der Waals surface area contributed by atoms with Gasteiger partial charge in [-0.1, -0.05) is 27.3 Å². The van der Waals surface area contributed by atoms with Crippen LogP contribution in [-0.4, -0.2) is 14.5 Å². The monoisotopic (exact) mass is 322 g/mol. The van der Waals surface area contributed by atoms with E-state index in [0.717, 1.165) is 20.9 Å². The summed E-state index contributed by atoms with van der Waals surface area (Å²) in [5.74, 6) is 0.996. The van der Waals surface area contributed by atoms with Gasteiger partial charge in [0.1, 0.15) is 5.82 Å². The number of hydrogen-bond acceptors (Lipinski definition) is 4. The molecule has 0 saturated carbocycles. The number of thiazole rings is 1. The summed E-state index contributed by atoms with van der Waals surface area (Å²) >= 11 is 5.11. The molecule has 0 radical (unpaired) electrons. The number of nitrogens with zero attached hydrogens (tertiary/aromatic N) is 3. The van der Waals surface area contributed by atoms with Gasteiger partial charge in [0.25, 0.3) is 0 Å². The zero-order valence-electron chi connectivity index (χ0n) is 9.72. The first-order chi connectivity index (χ1) is 8.72. The smallest absolute Gasteiger partial charge is 0.184 e. The van der Waals surface area contributed by atoms with Crippen LogP contribution in [0.25, 0.3) is 10.2 Å². The van der Waals surface area contributed by atoms with Crippen molar-refractivity contribution < 1.29 is 0 Å². The van der Waals surface area contributed by atoms with E-state index in [2.05, 4.69) is 37.3 Å². The van der Waals surface area contributed by atoms with E-state index in [9.17, 15) is 0 Å². The Morgan fingerprint density at radius 2 is 2.33 bits per heavy atom. The van der Waals surface area contributed by atoms with Gasteiger partial charge in [0.15, 0.2) is 5.13 Å². The Hall–Kier alpha value is -1.40. The summed E-state index contributed by atoms with van der Waals surface area (Å²) in [6, 6.07) is 6.13. The predicted molar refractivity (Wildman–Crippen MR) is 77.9 cm³/mol. The zero-order chi connectivity index (χ0) is 12.5. The van der Waals surface area contributed by atoms with Gasteiger partial charge in [0.2, 0.25) is 0 Å². The fourth-order valence-corrected chi connectivity index (χ4v) is 2.89. The van der Waals surface area contributed by atoms with Crippen molar-refractivity contribution in [2.45, 2.75) is 6.54 Å². The Morgan fingerprint density at radius 1 is 1.44 bits per heavy atom. The zero-order valence-corrected chi connectivity index (χ0v) is 12.1. The van der Waals surface area contributed by atoms with E-state index >= 15 is 0 Å². The highest BCUT2D eigenvalue weighted by Gasteiger charge is 2.05. The summed E-state index contributed by atoms with van der Waals surface area (Å²) in [4.78, 5) is 8.81. The summed E-state index contributed by atoms with van der Waals surface area (Å²) in [7, 11) is 1.99. The van der Waals surface area contributed by atoms with E-state index in [4.69, 9.17) is 0 Å². The Labute approximate surface area is 117 Å². The molecule has 18 heavy (non-hydrogen) atoms. The van der Waals surface area contributed by atoms with Crippen molar-refractivity contribution in [1.29, 1.82) is 0 Å². The van der Waals surface area contributed by atoms with Gasteiger partial charge in [-0.05, 0) is 18.2 Å². The van der Waals surface area contributed by atoms with Gasteiger partial charge in [0.05, 0.1) is 16.8 Å². The molecule has 3 aromatic rings. The van der Waals surface area contributed by atoms with Crippen molar-refractivity contribution in [3.8, 4) is 0 Å². The van der Waals surface area contributed by atoms with Crippen molar-refractivity contribution in [3.63, 3.8) is 0 Å². The fraction of sp³-hybridized carbons (Fsp3) is 0.167. The molecule has 0 fully saturated rings. The predicted octanol–water partition coefficient (Wildman–Crippen LogP) is 3.40. The molecular weight excluding hydrogens is 312 g/mol. The number of benzene rings is 1. The lowest BCUT2D eigenvalue weighted by Gasteiger charge is -2.01. The van der Waals surface area contributed by atoms with Crippen molar-refractivity contribution in [2.24, 2.45) is 7.05 Å². The van der Waals surface area contributed by atoms with Gasteiger partial charge in [-0.25, -0.2) is 9.97 Å². The molecular formula is C12H11BrN4S. The molecule has 92 valence electrons. The molecule has 0 aliphatic carbocycles. The van der Waals surface area contributed by atoms with Gasteiger partial charge in [0, 0.05) is 23.9 Å². The van der Waals surface area contributed by atoms with Crippen LogP contribution in [-0.2, 0) is 13.6 Å². The standard InChI is InChI=1S/C12H11BrN4S/c1-17-5-4-14-11(17)7-15-12-16-9-6-8(13)2-3-10(9)18-12/h2-6H,7H2,1H3,(H,15,16). The highest BCUT2D eigenvalue weighted by molar-refractivity contribution is 9.10. The molecule has 2 heterocycles. The summed E-state index contributed by atoms with van der Waals surface area (Å²) in [5, 5.41) is 4.23. The molecule has 6 heteroatoms. The molecule has 0 aliphatic heterocycles. The van der Waals surface area contributed by atoms with Crippen LogP contribution in [0.3, 0.4) is 0 Å². The van der Waals surface area contributed by atoms with Crippen molar-refractivity contribution >= 4 is 42.6 Å². The van der Waals surface area contributed by atoms with Crippen LogP contribution in [0.2, 0.25) is 0 Å². The van der Waals surface area contributed by atoms with Crippen molar-refractivity contribution in [3.05, 3.63) is 40.9 Å². The normalized spacial score (nSPS) is 11.0. The van der Waals surface area contributed by atoms with E-state index in [-0.39, 0.29) is 0 Å². The first kappa shape index (κ1) is 11.7. The van der Waals surface area contributed by atoms with Gasteiger partial charge < -0.3 is 9.88 Å². The maximum absolute atomic E-state index is 4.54. The Balaban J connectivity index is 1.81. The number of aromatic nitrogens is 3. The number of aryl methyl sites for hydroxylation is 1.